The highest BCUT2D eigenvalue weighted by atomic mass is 16.6. The van der Waals surface area contributed by atoms with E-state index in [1.54, 1.807) is 20.8 Å². The van der Waals surface area contributed by atoms with E-state index in [0.717, 1.165) is 25.7 Å². The largest absolute Gasteiger partial charge is 0.480 e. The molecule has 2 rings (SSSR count). The summed E-state index contributed by atoms with van der Waals surface area (Å²) < 4.78 is 7.04. The number of aromatic nitrogens is 4. The van der Waals surface area contributed by atoms with Gasteiger partial charge in [-0.25, -0.2) is 14.7 Å². The Morgan fingerprint density at radius 1 is 1.25 bits per heavy atom. The van der Waals surface area contributed by atoms with Crippen LogP contribution >= 0.6 is 0 Å². The van der Waals surface area contributed by atoms with E-state index in [2.05, 4.69) is 41.0 Å². The minimum absolute atomic E-state index is 0.169. The molecule has 32 heavy (non-hydrogen) atoms. The van der Waals surface area contributed by atoms with Crippen LogP contribution in [0.1, 0.15) is 67.2 Å². The van der Waals surface area contributed by atoms with Crippen LogP contribution in [-0.4, -0.2) is 55.4 Å². The molecule has 2 N–H and O–H groups in total. The Morgan fingerprint density at radius 3 is 2.56 bits per heavy atom. The number of aliphatic carboxylic acids is 1. The summed E-state index contributed by atoms with van der Waals surface area (Å²) in [6, 6.07) is 0. The molecule has 0 radical (unpaired) electrons. The van der Waals surface area contributed by atoms with Crippen LogP contribution in [0.3, 0.4) is 0 Å². The second-order valence-electron chi connectivity index (χ2n) is 9.26. The summed E-state index contributed by atoms with van der Waals surface area (Å²) in [7, 11) is 0. The summed E-state index contributed by atoms with van der Waals surface area (Å²) in [5, 5.41) is 12.5. The van der Waals surface area contributed by atoms with Crippen molar-refractivity contribution in [3.8, 4) is 0 Å². The normalized spacial score (nSPS) is 11.7. The molecule has 0 fully saturated rings. The number of nitrogens with one attached hydrogen (secondary N) is 1. The Kier molecular flexibility index (Phi) is 8.80. The number of ether oxygens (including phenoxy) is 1. The van der Waals surface area contributed by atoms with E-state index in [9.17, 15) is 14.7 Å². The Hall–Kier alpha value is -2.91. The SMILES string of the molecule is CCCCCN(C(=O)OC(C)(C)C)c1nc(NCCC(C)C)c2ncn(CC(=O)O)c2n1. The predicted molar refractivity (Wildman–Crippen MR) is 124 cm³/mol. The van der Waals surface area contributed by atoms with E-state index < -0.39 is 17.7 Å². The number of anilines is 2. The van der Waals surface area contributed by atoms with Gasteiger partial charge in [-0.15, -0.1) is 0 Å². The van der Waals surface area contributed by atoms with E-state index in [0.29, 0.717) is 36.0 Å². The van der Waals surface area contributed by atoms with Crippen LogP contribution in [0.5, 0.6) is 0 Å². The molecule has 0 saturated carbocycles. The van der Waals surface area contributed by atoms with Crippen molar-refractivity contribution in [1.82, 2.24) is 19.5 Å². The topological polar surface area (TPSA) is 122 Å². The van der Waals surface area contributed by atoms with Gasteiger partial charge in [0.25, 0.3) is 0 Å². The van der Waals surface area contributed by atoms with E-state index in [1.807, 2.05) is 0 Å². The maximum atomic E-state index is 13.0. The quantitative estimate of drug-likeness (QED) is 0.488. The minimum atomic E-state index is -1.01. The number of nitrogens with zero attached hydrogens (tertiary/aromatic N) is 5. The van der Waals surface area contributed by atoms with Gasteiger partial charge in [0.05, 0.1) is 6.33 Å². The fourth-order valence-electron chi connectivity index (χ4n) is 3.03. The average Bonchev–Trinajstić information content (AvgIpc) is 3.05. The van der Waals surface area contributed by atoms with Crippen LogP contribution in [0.2, 0.25) is 0 Å². The zero-order chi connectivity index (χ0) is 23.9. The third kappa shape index (κ3) is 7.35. The number of carbonyl (C=O) groups excluding carboxylic acids is 1. The van der Waals surface area contributed by atoms with Crippen molar-refractivity contribution in [1.29, 1.82) is 0 Å². The van der Waals surface area contributed by atoms with Crippen LogP contribution < -0.4 is 10.2 Å². The highest BCUT2D eigenvalue weighted by molar-refractivity contribution is 5.90. The average molecular weight is 449 g/mol. The lowest BCUT2D eigenvalue weighted by molar-refractivity contribution is -0.137. The van der Waals surface area contributed by atoms with E-state index in [-0.39, 0.29) is 12.5 Å². The first-order valence-electron chi connectivity index (χ1n) is 11.2. The lowest BCUT2D eigenvalue weighted by atomic mass is 10.1. The van der Waals surface area contributed by atoms with Crippen molar-refractivity contribution < 1.29 is 19.4 Å². The van der Waals surface area contributed by atoms with Crippen molar-refractivity contribution in [2.75, 3.05) is 23.3 Å². The second kappa shape index (κ2) is 11.1. The molecule has 0 atom stereocenters. The van der Waals surface area contributed by atoms with Crippen LogP contribution in [-0.2, 0) is 16.1 Å². The van der Waals surface area contributed by atoms with Gasteiger partial charge in [0.15, 0.2) is 17.0 Å². The molecule has 0 aromatic carbocycles. The lowest BCUT2D eigenvalue weighted by Crippen LogP contribution is -2.38. The minimum Gasteiger partial charge on any atom is -0.480 e. The third-order valence-electron chi connectivity index (χ3n) is 4.61. The first-order valence-corrected chi connectivity index (χ1v) is 11.2. The van der Waals surface area contributed by atoms with Crippen molar-refractivity contribution >= 4 is 35.0 Å². The molecular weight excluding hydrogens is 412 g/mol. The van der Waals surface area contributed by atoms with Gasteiger partial charge in [-0.1, -0.05) is 33.6 Å². The number of fused-ring (bicyclic) bond motifs is 1. The Morgan fingerprint density at radius 2 is 1.97 bits per heavy atom. The second-order valence-corrected chi connectivity index (χ2v) is 9.26. The number of hydrogen-bond donors (Lipinski definition) is 2. The molecule has 178 valence electrons. The number of amides is 1. The Labute approximate surface area is 189 Å². The molecule has 1 amide bonds. The maximum Gasteiger partial charge on any atom is 0.417 e. The molecule has 0 aliphatic rings. The summed E-state index contributed by atoms with van der Waals surface area (Å²) in [6.07, 6.45) is 4.52. The fraction of sp³-hybridized carbons (Fsp3) is 0.682. The number of unbranched alkanes of at least 4 members (excludes halogenated alkanes) is 2. The van der Waals surface area contributed by atoms with Crippen molar-refractivity contribution in [3.63, 3.8) is 0 Å². The number of carbonyl (C=O) groups is 2. The molecular formula is C22H36N6O4. The number of rotatable bonds is 11. The van der Waals surface area contributed by atoms with Crippen molar-refractivity contribution in [2.45, 2.75) is 79.4 Å². The summed E-state index contributed by atoms with van der Waals surface area (Å²) in [4.78, 5) is 39.2. The summed E-state index contributed by atoms with van der Waals surface area (Å²) in [5.74, 6) is 0.128. The summed E-state index contributed by atoms with van der Waals surface area (Å²) in [5.41, 5.74) is 0.151. The molecule has 2 heterocycles. The van der Waals surface area contributed by atoms with E-state index >= 15 is 0 Å². The van der Waals surface area contributed by atoms with E-state index in [1.165, 1.54) is 15.8 Å². The number of hydrogen-bond acceptors (Lipinski definition) is 7. The summed E-state index contributed by atoms with van der Waals surface area (Å²) in [6.45, 7) is 12.5. The standard InChI is InChI=1S/C22H36N6O4/c1-7-8-9-12-28(21(31)32-22(4,5)6)20-25-18(23-11-10-15(2)3)17-19(26-20)27(14-24-17)13-16(29)30/h14-15H,7-13H2,1-6H3,(H,29,30)(H,23,25,26). The molecule has 0 aliphatic carbocycles. The first kappa shape index (κ1) is 25.4. The van der Waals surface area contributed by atoms with Gasteiger partial charge in [0.1, 0.15) is 12.1 Å². The van der Waals surface area contributed by atoms with Crippen LogP contribution in [0.25, 0.3) is 11.2 Å². The van der Waals surface area contributed by atoms with Gasteiger partial charge < -0.3 is 19.7 Å². The molecule has 0 aliphatic heterocycles. The van der Waals surface area contributed by atoms with Gasteiger partial charge in [-0.2, -0.15) is 9.97 Å². The van der Waals surface area contributed by atoms with Gasteiger partial charge >= 0.3 is 12.1 Å². The van der Waals surface area contributed by atoms with Crippen LogP contribution in [0.15, 0.2) is 6.33 Å². The highest BCUT2D eigenvalue weighted by Gasteiger charge is 2.27. The molecule has 10 nitrogen and oxygen atoms in total. The monoisotopic (exact) mass is 448 g/mol. The third-order valence-corrected chi connectivity index (χ3v) is 4.61. The number of carboxylic acids is 1. The van der Waals surface area contributed by atoms with Crippen LogP contribution in [0, 0.1) is 5.92 Å². The molecule has 0 saturated heterocycles. The molecule has 2 aromatic rings. The zero-order valence-electron chi connectivity index (χ0n) is 20.0. The maximum absolute atomic E-state index is 13.0. The molecule has 2 aromatic heterocycles. The highest BCUT2D eigenvalue weighted by Crippen LogP contribution is 2.24. The Bertz CT molecular complexity index is 919. The molecule has 0 bridgehead atoms. The lowest BCUT2D eigenvalue weighted by Gasteiger charge is -2.26. The van der Waals surface area contributed by atoms with E-state index in [4.69, 9.17) is 4.74 Å². The number of carboxylic acid groups (broad SMARTS) is 1. The Balaban J connectivity index is 2.51. The zero-order valence-corrected chi connectivity index (χ0v) is 20.0. The van der Waals surface area contributed by atoms with Crippen LogP contribution in [0.4, 0.5) is 16.6 Å². The molecule has 0 spiro atoms. The smallest absolute Gasteiger partial charge is 0.417 e. The molecule has 0 unspecified atom stereocenters. The van der Waals surface area contributed by atoms with Gasteiger partial charge in [0.2, 0.25) is 5.95 Å². The molecule has 10 heteroatoms. The van der Waals surface area contributed by atoms with Gasteiger partial charge in [0, 0.05) is 13.1 Å². The number of imidazole rings is 1. The van der Waals surface area contributed by atoms with Gasteiger partial charge in [-0.3, -0.25) is 4.79 Å². The predicted octanol–water partition coefficient (Wildman–Crippen LogP) is 4.30. The summed E-state index contributed by atoms with van der Waals surface area (Å²) >= 11 is 0. The van der Waals surface area contributed by atoms with Gasteiger partial charge in [-0.05, 0) is 39.5 Å². The van der Waals surface area contributed by atoms with Crippen molar-refractivity contribution in [2.24, 2.45) is 5.92 Å². The first-order chi connectivity index (χ1) is 15.0. The fourth-order valence-corrected chi connectivity index (χ4v) is 3.03. The van der Waals surface area contributed by atoms with Crippen molar-refractivity contribution in [3.05, 3.63) is 6.33 Å².